The fraction of sp³-hybridized carbons (Fsp3) is 0.381. The van der Waals surface area contributed by atoms with E-state index in [1.165, 1.54) is 16.1 Å². The van der Waals surface area contributed by atoms with E-state index in [0.29, 0.717) is 30.1 Å². The molecule has 1 aliphatic heterocycles. The highest BCUT2D eigenvalue weighted by Crippen LogP contribution is 2.28. The van der Waals surface area contributed by atoms with Crippen molar-refractivity contribution in [2.75, 3.05) is 26.2 Å². The van der Waals surface area contributed by atoms with Gasteiger partial charge in [0.05, 0.1) is 11.3 Å². The van der Waals surface area contributed by atoms with E-state index in [1.807, 2.05) is 31.2 Å². The predicted molar refractivity (Wildman–Crippen MR) is 118 cm³/mol. The molecule has 0 unspecified atom stereocenters. The average Bonchev–Trinajstić information content (AvgIpc) is 3.36. The van der Waals surface area contributed by atoms with Crippen LogP contribution in [0, 0.1) is 20.8 Å². The molecule has 0 spiro atoms. The molecule has 0 atom stereocenters. The second kappa shape index (κ2) is 9.08. The summed E-state index contributed by atoms with van der Waals surface area (Å²) in [5.41, 5.74) is 1.75. The summed E-state index contributed by atoms with van der Waals surface area (Å²) in [7, 11) is -3.72. The number of piperazine rings is 1. The molecule has 3 aromatic rings. The Labute approximate surface area is 190 Å². The minimum Gasteiger partial charge on any atom is -0.361 e. The highest BCUT2D eigenvalue weighted by atomic mass is 32.2. The van der Waals surface area contributed by atoms with Gasteiger partial charge in [0, 0.05) is 42.9 Å². The van der Waals surface area contributed by atoms with Crippen molar-refractivity contribution in [3.63, 3.8) is 0 Å². The van der Waals surface area contributed by atoms with E-state index in [4.69, 9.17) is 9.05 Å². The fourth-order valence-electron chi connectivity index (χ4n) is 3.68. The van der Waals surface area contributed by atoms with Gasteiger partial charge < -0.3 is 13.9 Å². The molecule has 1 fully saturated rings. The third-order valence-electron chi connectivity index (χ3n) is 5.26. The van der Waals surface area contributed by atoms with Crippen molar-refractivity contribution < 1.29 is 22.3 Å². The number of benzene rings is 1. The number of amides is 1. The summed E-state index contributed by atoms with van der Waals surface area (Å²) in [6.07, 6.45) is 0. The largest absolute Gasteiger partial charge is 0.361 e. The molecule has 0 bridgehead atoms. The summed E-state index contributed by atoms with van der Waals surface area (Å²) in [5.74, 6) is 1.49. The van der Waals surface area contributed by atoms with Crippen molar-refractivity contribution in [2.45, 2.75) is 36.3 Å². The number of aromatic nitrogens is 2. The summed E-state index contributed by atoms with van der Waals surface area (Å²) in [5, 5.41) is 7.75. The van der Waals surface area contributed by atoms with Crippen LogP contribution in [0.1, 0.15) is 33.3 Å². The van der Waals surface area contributed by atoms with E-state index in [0.717, 1.165) is 16.3 Å². The van der Waals surface area contributed by atoms with Gasteiger partial charge in [-0.2, -0.15) is 4.31 Å². The molecule has 3 heterocycles. The van der Waals surface area contributed by atoms with Gasteiger partial charge in [-0.05, 0) is 32.9 Å². The molecule has 0 saturated carbocycles. The number of rotatable bonds is 6. The first kappa shape index (κ1) is 22.6. The topological polar surface area (TPSA) is 110 Å². The highest BCUT2D eigenvalue weighted by Gasteiger charge is 2.34. The van der Waals surface area contributed by atoms with E-state index >= 15 is 0 Å². The zero-order valence-electron chi connectivity index (χ0n) is 18.1. The molecule has 4 rings (SSSR count). The van der Waals surface area contributed by atoms with Crippen molar-refractivity contribution in [3.8, 4) is 0 Å². The van der Waals surface area contributed by atoms with Crippen LogP contribution in [0.4, 0.5) is 0 Å². The van der Waals surface area contributed by atoms with Gasteiger partial charge in [0.15, 0.2) is 5.76 Å². The van der Waals surface area contributed by atoms with Crippen LogP contribution >= 0.6 is 11.8 Å². The first-order chi connectivity index (χ1) is 15.3. The maximum Gasteiger partial charge on any atom is 0.255 e. The van der Waals surface area contributed by atoms with E-state index < -0.39 is 10.0 Å². The van der Waals surface area contributed by atoms with Crippen molar-refractivity contribution in [1.29, 1.82) is 0 Å². The zero-order valence-corrected chi connectivity index (χ0v) is 19.7. The van der Waals surface area contributed by atoms with Gasteiger partial charge in [0.25, 0.3) is 5.91 Å². The third-order valence-corrected chi connectivity index (χ3v) is 8.51. The first-order valence-electron chi connectivity index (χ1n) is 10.1. The second-order valence-electron chi connectivity index (χ2n) is 7.56. The van der Waals surface area contributed by atoms with Crippen LogP contribution in [-0.2, 0) is 15.8 Å². The summed E-state index contributed by atoms with van der Waals surface area (Å²) in [4.78, 5) is 15.9. The molecule has 1 saturated heterocycles. The zero-order chi connectivity index (χ0) is 22.9. The Hall–Kier alpha value is -2.63. The molecular formula is C21H24N4O5S2. The number of hydrogen-bond acceptors (Lipinski definition) is 8. The third kappa shape index (κ3) is 4.45. The number of aryl methyl sites for hydroxylation is 3. The summed E-state index contributed by atoms with van der Waals surface area (Å²) in [6.45, 7) is 6.08. The van der Waals surface area contributed by atoms with E-state index in [2.05, 4.69) is 10.3 Å². The molecule has 1 aromatic carbocycles. The average molecular weight is 477 g/mol. The lowest BCUT2D eigenvalue weighted by Gasteiger charge is -2.34. The minimum atomic E-state index is -3.72. The van der Waals surface area contributed by atoms with E-state index in [9.17, 15) is 13.2 Å². The molecule has 0 aliphatic carbocycles. The molecule has 1 aliphatic rings. The monoisotopic (exact) mass is 476 g/mol. The number of nitrogens with zero attached hydrogens (tertiary/aromatic N) is 4. The maximum absolute atomic E-state index is 13.2. The standard InChI is InChI=1S/C21H24N4O5S2/c1-14-12-17(23-29-14)13-31-19-7-5-4-6-18(19)21(26)24-8-10-25(11-9-24)32(27,28)20-15(2)22-30-16(20)3/h4-7,12H,8-11,13H2,1-3H3. The molecule has 170 valence electrons. The Morgan fingerprint density at radius 1 is 1.06 bits per heavy atom. The van der Waals surface area contributed by atoms with E-state index in [-0.39, 0.29) is 29.7 Å². The van der Waals surface area contributed by atoms with Crippen LogP contribution in [0.3, 0.4) is 0 Å². The molecule has 9 nitrogen and oxygen atoms in total. The normalized spacial score (nSPS) is 15.3. The highest BCUT2D eigenvalue weighted by molar-refractivity contribution is 7.98. The smallest absolute Gasteiger partial charge is 0.255 e. The van der Waals surface area contributed by atoms with Crippen LogP contribution in [0.5, 0.6) is 0 Å². The van der Waals surface area contributed by atoms with Crippen LogP contribution < -0.4 is 0 Å². The van der Waals surface area contributed by atoms with Crippen molar-refractivity contribution >= 4 is 27.7 Å². The number of thioether (sulfide) groups is 1. The maximum atomic E-state index is 13.2. The van der Waals surface area contributed by atoms with Crippen molar-refractivity contribution in [2.24, 2.45) is 0 Å². The van der Waals surface area contributed by atoms with Gasteiger partial charge in [-0.3, -0.25) is 4.79 Å². The van der Waals surface area contributed by atoms with Gasteiger partial charge in [0.2, 0.25) is 10.0 Å². The number of hydrogen-bond donors (Lipinski definition) is 0. The lowest BCUT2D eigenvalue weighted by Crippen LogP contribution is -2.50. The van der Waals surface area contributed by atoms with Gasteiger partial charge in [-0.15, -0.1) is 11.8 Å². The summed E-state index contributed by atoms with van der Waals surface area (Å²) < 4.78 is 37.6. The Morgan fingerprint density at radius 3 is 2.41 bits per heavy atom. The Balaban J connectivity index is 1.44. The summed E-state index contributed by atoms with van der Waals surface area (Å²) >= 11 is 1.52. The second-order valence-corrected chi connectivity index (χ2v) is 10.5. The lowest BCUT2D eigenvalue weighted by atomic mass is 10.2. The van der Waals surface area contributed by atoms with Crippen molar-refractivity contribution in [3.05, 3.63) is 58.8 Å². The van der Waals surface area contributed by atoms with Crippen LogP contribution in [0.2, 0.25) is 0 Å². The molecule has 0 radical (unpaired) electrons. The Morgan fingerprint density at radius 2 is 1.78 bits per heavy atom. The SMILES string of the molecule is Cc1cc(CSc2ccccc2C(=O)N2CCN(S(=O)(=O)c3c(C)noc3C)CC2)no1. The number of carbonyl (C=O) groups is 1. The molecule has 0 N–H and O–H groups in total. The molecular weight excluding hydrogens is 452 g/mol. The molecule has 32 heavy (non-hydrogen) atoms. The van der Waals surface area contributed by atoms with Gasteiger partial charge >= 0.3 is 0 Å². The molecule has 11 heteroatoms. The van der Waals surface area contributed by atoms with Gasteiger partial charge in [0.1, 0.15) is 16.3 Å². The number of sulfonamides is 1. The quantitative estimate of drug-likeness (QED) is 0.500. The minimum absolute atomic E-state index is 0.112. The number of carbonyl (C=O) groups excluding carboxylic acids is 1. The lowest BCUT2D eigenvalue weighted by molar-refractivity contribution is 0.0694. The predicted octanol–water partition coefficient (Wildman–Crippen LogP) is 3.03. The van der Waals surface area contributed by atoms with Crippen molar-refractivity contribution in [1.82, 2.24) is 19.5 Å². The fourth-order valence-corrected chi connectivity index (χ4v) is 6.32. The first-order valence-corrected chi connectivity index (χ1v) is 12.6. The molecule has 1 amide bonds. The van der Waals surface area contributed by atoms with E-state index in [1.54, 1.807) is 24.8 Å². The van der Waals surface area contributed by atoms with Gasteiger partial charge in [-0.25, -0.2) is 8.42 Å². The Bertz CT molecular complexity index is 1210. The van der Waals surface area contributed by atoms with Crippen LogP contribution in [-0.4, -0.2) is 60.0 Å². The van der Waals surface area contributed by atoms with Gasteiger partial charge in [-0.1, -0.05) is 22.4 Å². The van der Waals surface area contributed by atoms with Crippen LogP contribution in [0.25, 0.3) is 0 Å². The summed E-state index contributed by atoms with van der Waals surface area (Å²) in [6, 6.07) is 9.29. The Kier molecular flexibility index (Phi) is 6.40. The molecule has 2 aromatic heterocycles. The van der Waals surface area contributed by atoms with Crippen LogP contribution in [0.15, 0.2) is 49.2 Å².